The van der Waals surface area contributed by atoms with Gasteiger partial charge in [-0.1, -0.05) is 0 Å². The van der Waals surface area contributed by atoms with E-state index in [1.807, 2.05) is 0 Å². The van der Waals surface area contributed by atoms with Gasteiger partial charge in [-0.15, -0.1) is 23.2 Å². The Balaban J connectivity index is 3.27. The zero-order valence-corrected chi connectivity index (χ0v) is 6.32. The van der Waals surface area contributed by atoms with Crippen LogP contribution in [0.25, 0.3) is 0 Å². The molecule has 0 heterocycles. The molecule has 0 spiro atoms. The van der Waals surface area contributed by atoms with Crippen LogP contribution in [0.4, 0.5) is 0 Å². The predicted molar refractivity (Wildman–Crippen MR) is 36.8 cm³/mol. The van der Waals surface area contributed by atoms with Crippen LogP contribution in [-0.4, -0.2) is 22.3 Å². The molecule has 0 aliphatic carbocycles. The van der Waals surface area contributed by atoms with Gasteiger partial charge in [0.15, 0.2) is 0 Å². The molecule has 0 atom stereocenters. The van der Waals surface area contributed by atoms with Crippen LogP contribution < -0.4 is 0 Å². The Morgan fingerprint density at radius 1 is 1.56 bits per heavy atom. The molecule has 0 rings (SSSR count). The number of hydrogen-bond donors (Lipinski definition) is 1. The van der Waals surface area contributed by atoms with Crippen molar-refractivity contribution in [2.75, 3.05) is 6.61 Å². The molecule has 1 N–H and O–H groups in total. The van der Waals surface area contributed by atoms with Gasteiger partial charge in [-0.3, -0.25) is 4.79 Å². The van der Waals surface area contributed by atoms with Gasteiger partial charge >= 0.3 is 0 Å². The lowest BCUT2D eigenvalue weighted by molar-refractivity contribution is -0.119. The molecule has 0 amide bonds. The number of aliphatic hydroxyl groups is 1. The zero-order chi connectivity index (χ0) is 7.28. The lowest BCUT2D eigenvalue weighted by atomic mass is 10.2. The van der Waals surface area contributed by atoms with E-state index in [4.69, 9.17) is 28.3 Å². The van der Waals surface area contributed by atoms with Crippen molar-refractivity contribution in [1.82, 2.24) is 0 Å². The van der Waals surface area contributed by atoms with E-state index >= 15 is 0 Å². The van der Waals surface area contributed by atoms with Crippen molar-refractivity contribution < 1.29 is 9.90 Å². The Morgan fingerprint density at radius 2 is 2.11 bits per heavy atom. The lowest BCUT2D eigenvalue weighted by Crippen LogP contribution is -2.04. The average Bonchev–Trinajstić information content (AvgIpc) is 1.63. The Hall–Kier alpha value is 0.210. The standard InChI is InChI=1S/C5H8Cl2O2/c6-5(7)3-4(9)1-2-8/h5,8H,1-3H2. The summed E-state index contributed by atoms with van der Waals surface area (Å²) < 4.78 is 0. The summed E-state index contributed by atoms with van der Waals surface area (Å²) in [6.45, 7) is -0.126. The molecule has 0 aromatic carbocycles. The van der Waals surface area contributed by atoms with Crippen molar-refractivity contribution in [1.29, 1.82) is 0 Å². The van der Waals surface area contributed by atoms with Gasteiger partial charge in [0.1, 0.15) is 10.6 Å². The number of alkyl halides is 2. The second-order valence-electron chi connectivity index (χ2n) is 1.61. The van der Waals surface area contributed by atoms with Crippen LogP contribution in [0.3, 0.4) is 0 Å². The normalized spacial score (nSPS) is 10.2. The smallest absolute Gasteiger partial charge is 0.137 e. The molecule has 9 heavy (non-hydrogen) atoms. The topological polar surface area (TPSA) is 37.3 Å². The van der Waals surface area contributed by atoms with Gasteiger partial charge in [0.05, 0.1) is 0 Å². The molecule has 0 saturated heterocycles. The predicted octanol–water partition coefficient (Wildman–Crippen LogP) is 1.13. The average molecular weight is 171 g/mol. The quantitative estimate of drug-likeness (QED) is 0.643. The second kappa shape index (κ2) is 5.03. The Morgan fingerprint density at radius 3 is 2.44 bits per heavy atom. The van der Waals surface area contributed by atoms with Gasteiger partial charge in [-0.25, -0.2) is 0 Å². The molecule has 0 radical (unpaired) electrons. The maximum Gasteiger partial charge on any atom is 0.137 e. The van der Waals surface area contributed by atoms with Gasteiger partial charge in [-0.05, 0) is 0 Å². The fourth-order valence-electron chi connectivity index (χ4n) is 0.399. The number of halogens is 2. The highest BCUT2D eigenvalue weighted by atomic mass is 35.5. The molecule has 54 valence electrons. The summed E-state index contributed by atoms with van der Waals surface area (Å²) in [6.07, 6.45) is 0.277. The van der Waals surface area contributed by atoms with Gasteiger partial charge in [0, 0.05) is 19.4 Å². The number of hydrogen-bond acceptors (Lipinski definition) is 2. The van der Waals surface area contributed by atoms with Gasteiger partial charge in [0.25, 0.3) is 0 Å². The van der Waals surface area contributed by atoms with Gasteiger partial charge < -0.3 is 5.11 Å². The SMILES string of the molecule is O=C(CCO)CC(Cl)Cl. The molecule has 0 fully saturated rings. The first-order valence-electron chi connectivity index (χ1n) is 2.57. The van der Waals surface area contributed by atoms with Gasteiger partial charge in [-0.2, -0.15) is 0 Å². The molecule has 0 bridgehead atoms. The third-order valence-corrected chi connectivity index (χ3v) is 1.08. The first-order chi connectivity index (χ1) is 4.16. The van der Waals surface area contributed by atoms with Crippen LogP contribution in [0.5, 0.6) is 0 Å². The van der Waals surface area contributed by atoms with E-state index in [2.05, 4.69) is 0 Å². The molecule has 2 nitrogen and oxygen atoms in total. The molecule has 0 aromatic rings. The molecule has 0 saturated carbocycles. The van der Waals surface area contributed by atoms with E-state index in [-0.39, 0.29) is 25.2 Å². The van der Waals surface area contributed by atoms with Crippen molar-refractivity contribution in [3.63, 3.8) is 0 Å². The second-order valence-corrected chi connectivity index (χ2v) is 2.88. The van der Waals surface area contributed by atoms with E-state index in [1.54, 1.807) is 0 Å². The number of aliphatic hydroxyl groups excluding tert-OH is 1. The Labute approximate surface area is 63.8 Å². The van der Waals surface area contributed by atoms with Crippen molar-refractivity contribution in [3.8, 4) is 0 Å². The maximum atomic E-state index is 10.5. The molecule has 0 unspecified atom stereocenters. The number of ketones is 1. The fraction of sp³-hybridized carbons (Fsp3) is 0.800. The van der Waals surface area contributed by atoms with Crippen LogP contribution >= 0.6 is 23.2 Å². The first kappa shape index (κ1) is 9.21. The summed E-state index contributed by atoms with van der Waals surface area (Å²) in [5.41, 5.74) is 0. The van der Waals surface area contributed by atoms with E-state index < -0.39 is 4.84 Å². The Kier molecular flexibility index (Phi) is 5.15. The highest BCUT2D eigenvalue weighted by Crippen LogP contribution is 2.07. The summed E-state index contributed by atoms with van der Waals surface area (Å²) in [5, 5.41) is 8.24. The number of carbonyl (C=O) groups is 1. The summed E-state index contributed by atoms with van der Waals surface area (Å²) in [4.78, 5) is 9.89. The molecule has 0 aromatic heterocycles. The molecule has 0 aliphatic heterocycles. The van der Waals surface area contributed by atoms with E-state index in [0.717, 1.165) is 0 Å². The van der Waals surface area contributed by atoms with Crippen molar-refractivity contribution in [2.45, 2.75) is 17.7 Å². The summed E-state index contributed by atoms with van der Waals surface area (Å²) in [7, 11) is 0. The third kappa shape index (κ3) is 6.09. The number of carbonyl (C=O) groups excluding carboxylic acids is 1. The number of rotatable bonds is 4. The van der Waals surface area contributed by atoms with Crippen LogP contribution in [0.2, 0.25) is 0 Å². The largest absolute Gasteiger partial charge is 0.396 e. The van der Waals surface area contributed by atoms with Crippen molar-refractivity contribution in [3.05, 3.63) is 0 Å². The summed E-state index contributed by atoms with van der Waals surface area (Å²) in [5.74, 6) is -0.104. The first-order valence-corrected chi connectivity index (χ1v) is 3.45. The van der Waals surface area contributed by atoms with Crippen molar-refractivity contribution in [2.24, 2.45) is 0 Å². The molecular weight excluding hydrogens is 163 g/mol. The van der Waals surface area contributed by atoms with Crippen LogP contribution in [-0.2, 0) is 4.79 Å². The van der Waals surface area contributed by atoms with Crippen molar-refractivity contribution >= 4 is 29.0 Å². The molecule has 4 heteroatoms. The third-order valence-electron chi connectivity index (χ3n) is 0.773. The summed E-state index contributed by atoms with van der Waals surface area (Å²) >= 11 is 10.5. The van der Waals surface area contributed by atoms with E-state index in [9.17, 15) is 4.79 Å². The monoisotopic (exact) mass is 170 g/mol. The molecular formula is C5H8Cl2O2. The zero-order valence-electron chi connectivity index (χ0n) is 4.81. The van der Waals surface area contributed by atoms with Crippen LogP contribution in [0.1, 0.15) is 12.8 Å². The minimum absolute atomic E-state index is 0.104. The molecule has 0 aliphatic rings. The highest BCUT2D eigenvalue weighted by molar-refractivity contribution is 6.45. The minimum atomic E-state index is -0.635. The number of Topliss-reactive ketones (excluding diaryl/α,β-unsaturated/α-hetero) is 1. The van der Waals surface area contributed by atoms with Crippen LogP contribution in [0.15, 0.2) is 0 Å². The maximum absolute atomic E-state index is 10.5. The minimum Gasteiger partial charge on any atom is -0.396 e. The fourth-order valence-corrected chi connectivity index (χ4v) is 0.743. The summed E-state index contributed by atoms with van der Waals surface area (Å²) in [6, 6.07) is 0. The Bertz CT molecular complexity index is 93.0. The van der Waals surface area contributed by atoms with Crippen LogP contribution in [0, 0.1) is 0 Å². The van der Waals surface area contributed by atoms with E-state index in [0.29, 0.717) is 0 Å². The highest BCUT2D eigenvalue weighted by Gasteiger charge is 2.05. The van der Waals surface area contributed by atoms with Gasteiger partial charge in [0.2, 0.25) is 0 Å². The van der Waals surface area contributed by atoms with E-state index in [1.165, 1.54) is 0 Å². The lowest BCUT2D eigenvalue weighted by Gasteiger charge is -1.96.